The number of fused-ring (bicyclic) bond motifs is 8. The molecule has 4 aromatic rings. The fourth-order valence-corrected chi connectivity index (χ4v) is 10.3. The Morgan fingerprint density at radius 3 is 1.32 bits per heavy atom. The summed E-state index contributed by atoms with van der Waals surface area (Å²) in [6.07, 6.45) is 6.70. The van der Waals surface area contributed by atoms with Crippen LogP contribution < -0.4 is 51.4 Å². The summed E-state index contributed by atoms with van der Waals surface area (Å²) < 4.78 is 53.4. The van der Waals surface area contributed by atoms with Gasteiger partial charge in [-0.05, 0) is 101 Å². The average molecular weight is 914 g/mol. The van der Waals surface area contributed by atoms with E-state index in [0.717, 1.165) is 36.3 Å². The Bertz CT molecular complexity index is 2200. The molecule has 6 saturated carbocycles. The first-order valence-corrected chi connectivity index (χ1v) is 21.1. The minimum atomic E-state index is -2.27. The summed E-state index contributed by atoms with van der Waals surface area (Å²) in [4.78, 5) is 65.6. The van der Waals surface area contributed by atoms with Crippen molar-refractivity contribution < 1.29 is 88.1 Å². The van der Waals surface area contributed by atoms with Crippen LogP contribution in [-0.4, -0.2) is 61.3 Å². The molecule has 0 radical (unpaired) electrons. The van der Waals surface area contributed by atoms with Crippen LogP contribution in [0.15, 0.2) is 73.3 Å². The maximum atomic E-state index is 13.5. The smallest absolute Gasteiger partial charge is 0.587 e. The van der Waals surface area contributed by atoms with Crippen LogP contribution in [0.3, 0.4) is 0 Å². The Labute approximate surface area is 396 Å². The number of hydrogen-bond acceptors (Lipinski definition) is 8. The monoisotopic (exact) mass is 912 g/mol. The van der Waals surface area contributed by atoms with Gasteiger partial charge in [-0.3, -0.25) is 14.5 Å². The van der Waals surface area contributed by atoms with E-state index in [-0.39, 0.29) is 80.6 Å². The van der Waals surface area contributed by atoms with E-state index in [1.807, 2.05) is 12.1 Å². The fourth-order valence-electron chi connectivity index (χ4n) is 10.0. The standard InChI is InChI=1S/C22H21F2N3O2.C14H17BrF2N2.C8H5NO2.K/c23-20(24)22-8-5-21(6-9-22,7-10-22)17-11-14(25-13-26-17)12-27-18(28)15-3-1-2-4-16(15)19(27)29;15-8-10-7-11(19-9-18-10)13-1-4-14(5-2-13,6-3-13)12(16)17;10-7-5-3-1-2-4-6(5)8(11)9-7;/h1-4,11,13,20H,5-10,12H2;7,9,12H,1-6,8H2;1-4H,(H,9,10,11);/q;;;+1/p-1. The SMILES string of the molecule is FC(F)C12CCC(c3cc(CBr)ncn3)(CC1)CC2.O=C1[N-]C(=O)c2ccccc21.O=C1c2ccccc2C(=O)N1Cc1cc(C23CCC(C(F)F)(CC2)CC3)ncn1.[K+]. The molecule has 4 bridgehead atoms. The third kappa shape index (κ3) is 8.20. The maximum absolute atomic E-state index is 13.5. The minimum absolute atomic E-state index is 0. The zero-order chi connectivity index (χ0) is 41.6. The number of rotatable bonds is 7. The van der Waals surface area contributed by atoms with Gasteiger partial charge in [0.15, 0.2) is 0 Å². The zero-order valence-electron chi connectivity index (χ0n) is 33.2. The maximum Gasteiger partial charge on any atom is 1.00 e. The molecule has 8 aliphatic rings. The van der Waals surface area contributed by atoms with Crippen LogP contribution in [0.4, 0.5) is 17.6 Å². The molecule has 0 N–H and O–H groups in total. The van der Waals surface area contributed by atoms with E-state index in [1.54, 1.807) is 54.9 Å². The molecule has 0 unspecified atom stereocenters. The Balaban J connectivity index is 0.000000150. The molecule has 16 heteroatoms. The number of carbonyl (C=O) groups is 4. The van der Waals surface area contributed by atoms with Gasteiger partial charge in [-0.2, -0.15) is 0 Å². The van der Waals surface area contributed by atoms with E-state index in [2.05, 4.69) is 41.2 Å². The van der Waals surface area contributed by atoms with Gasteiger partial charge in [-0.25, -0.2) is 37.5 Å². The van der Waals surface area contributed by atoms with Crippen molar-refractivity contribution in [1.29, 1.82) is 0 Å². The van der Waals surface area contributed by atoms with Crippen LogP contribution in [0.1, 0.15) is 141 Å². The molecular weight excluding hydrogens is 872 g/mol. The number of hydrogen-bond donors (Lipinski definition) is 0. The molecule has 4 amide bonds. The number of halogens is 5. The molecule has 308 valence electrons. The van der Waals surface area contributed by atoms with Gasteiger partial charge < -0.3 is 14.9 Å². The number of benzene rings is 2. The van der Waals surface area contributed by atoms with Crippen LogP contribution in [0.5, 0.6) is 0 Å². The molecule has 6 aliphatic carbocycles. The normalized spacial score (nSPS) is 27.1. The van der Waals surface area contributed by atoms with Gasteiger partial charge in [0, 0.05) is 38.1 Å². The first kappa shape index (κ1) is 44.8. The van der Waals surface area contributed by atoms with Crippen LogP contribution in [0.2, 0.25) is 0 Å². The molecule has 60 heavy (non-hydrogen) atoms. The molecular formula is C44H42BrF4KN6O4. The molecule has 2 aliphatic heterocycles. The molecule has 0 atom stereocenters. The quantitative estimate of drug-likeness (QED) is 0.0864. The Morgan fingerprint density at radius 1 is 0.567 bits per heavy atom. The Hall–Kier alpha value is -3.28. The second-order valence-corrected chi connectivity index (χ2v) is 17.4. The van der Waals surface area contributed by atoms with Gasteiger partial charge in [-0.1, -0.05) is 52.3 Å². The number of amides is 4. The largest absolute Gasteiger partial charge is 1.00 e. The van der Waals surface area contributed by atoms with Crippen LogP contribution >= 0.6 is 15.9 Å². The summed E-state index contributed by atoms with van der Waals surface area (Å²) in [6, 6.07) is 17.3. The Morgan fingerprint density at radius 2 is 0.933 bits per heavy atom. The van der Waals surface area contributed by atoms with Crippen LogP contribution in [0, 0.1) is 10.8 Å². The van der Waals surface area contributed by atoms with E-state index in [0.29, 0.717) is 91.1 Å². The van der Waals surface area contributed by atoms with Crippen molar-refractivity contribution in [3.05, 3.63) is 124 Å². The van der Waals surface area contributed by atoms with Gasteiger partial charge >= 0.3 is 51.4 Å². The summed E-state index contributed by atoms with van der Waals surface area (Å²) in [7, 11) is 0. The summed E-state index contributed by atoms with van der Waals surface area (Å²) in [6.45, 7) is 0.0823. The molecule has 0 saturated heterocycles. The van der Waals surface area contributed by atoms with E-state index in [4.69, 9.17) is 0 Å². The third-order valence-corrected chi connectivity index (χ3v) is 14.6. The predicted octanol–water partition coefficient (Wildman–Crippen LogP) is 6.72. The summed E-state index contributed by atoms with van der Waals surface area (Å²) in [5.41, 5.74) is 3.42. The number of carbonyl (C=O) groups excluding carboxylic acids is 4. The number of imide groups is 2. The van der Waals surface area contributed by atoms with E-state index in [1.165, 1.54) is 11.2 Å². The fraction of sp³-hybridized carbons (Fsp3) is 0.455. The van der Waals surface area contributed by atoms with Crippen molar-refractivity contribution in [3.8, 4) is 0 Å². The van der Waals surface area contributed by atoms with Gasteiger partial charge in [0.2, 0.25) is 12.9 Å². The second-order valence-electron chi connectivity index (χ2n) is 16.8. The van der Waals surface area contributed by atoms with Gasteiger partial charge in [-0.15, -0.1) is 0 Å². The molecule has 2 aromatic carbocycles. The van der Waals surface area contributed by atoms with Crippen molar-refractivity contribution in [3.63, 3.8) is 0 Å². The van der Waals surface area contributed by atoms with Crippen molar-refractivity contribution >= 4 is 39.6 Å². The van der Waals surface area contributed by atoms with Crippen LogP contribution in [-0.2, 0) is 22.7 Å². The predicted molar refractivity (Wildman–Crippen MR) is 211 cm³/mol. The number of alkyl halides is 5. The molecule has 6 fully saturated rings. The third-order valence-electron chi connectivity index (χ3n) is 14.0. The van der Waals surface area contributed by atoms with Crippen molar-refractivity contribution in [2.24, 2.45) is 10.8 Å². The zero-order valence-corrected chi connectivity index (χ0v) is 37.9. The molecule has 12 rings (SSSR count). The van der Waals surface area contributed by atoms with Gasteiger partial charge in [0.25, 0.3) is 11.8 Å². The summed E-state index contributed by atoms with van der Waals surface area (Å²) >= 11 is 3.40. The average Bonchev–Trinajstić information content (AvgIpc) is 3.71. The van der Waals surface area contributed by atoms with E-state index in [9.17, 15) is 36.7 Å². The minimum Gasteiger partial charge on any atom is -0.587 e. The second kappa shape index (κ2) is 17.8. The first-order chi connectivity index (χ1) is 28.3. The molecule has 4 heterocycles. The van der Waals surface area contributed by atoms with Crippen molar-refractivity contribution in [1.82, 2.24) is 24.8 Å². The summed E-state index contributed by atoms with van der Waals surface area (Å²) in [5.74, 6) is -1.49. The summed E-state index contributed by atoms with van der Waals surface area (Å²) in [5, 5.41) is 3.99. The van der Waals surface area contributed by atoms with Gasteiger partial charge in [0.1, 0.15) is 12.7 Å². The van der Waals surface area contributed by atoms with Gasteiger partial charge in [0.05, 0.1) is 52.3 Å². The topological polar surface area (TPSA) is 137 Å². The molecule has 10 nitrogen and oxygen atoms in total. The first-order valence-electron chi connectivity index (χ1n) is 19.9. The van der Waals surface area contributed by atoms with Crippen molar-refractivity contribution in [2.45, 2.75) is 113 Å². The van der Waals surface area contributed by atoms with Crippen molar-refractivity contribution in [2.75, 3.05) is 0 Å². The number of nitrogens with zero attached hydrogens (tertiary/aromatic N) is 6. The van der Waals surface area contributed by atoms with Crippen LogP contribution in [0.25, 0.3) is 5.32 Å². The Kier molecular flexibility index (Phi) is 13.3. The molecule has 2 aromatic heterocycles. The van der Waals surface area contributed by atoms with E-state index >= 15 is 0 Å². The molecule has 0 spiro atoms. The van der Waals surface area contributed by atoms with E-state index < -0.39 is 35.5 Å². The number of aromatic nitrogens is 4.